The quantitative estimate of drug-likeness (QED) is 0.910. The first kappa shape index (κ1) is 16.1. The molecule has 0 unspecified atom stereocenters. The number of carbonyl (C=O) groups is 1. The standard InChI is InChI=1S/C19H25N3OS/c20-11-15-14-7-3-9-17(14)24-19(15)21-18(23)12-22-10-4-6-13-5-1-2-8-16(13)22/h13,16H,1-10,12H2,(H,21,23)/t13-,16+/m0/s1. The number of fused-ring (bicyclic) bond motifs is 2. The second-order valence-electron chi connectivity index (χ2n) is 7.45. The van der Waals surface area contributed by atoms with E-state index >= 15 is 0 Å². The molecule has 1 aromatic rings. The summed E-state index contributed by atoms with van der Waals surface area (Å²) in [6, 6.07) is 2.91. The highest BCUT2D eigenvalue weighted by atomic mass is 32.1. The lowest BCUT2D eigenvalue weighted by atomic mass is 9.78. The summed E-state index contributed by atoms with van der Waals surface area (Å²) in [7, 11) is 0. The number of nitriles is 1. The number of nitrogens with zero attached hydrogens (tertiary/aromatic N) is 2. The molecule has 3 aliphatic rings. The summed E-state index contributed by atoms with van der Waals surface area (Å²) >= 11 is 1.61. The fraction of sp³-hybridized carbons (Fsp3) is 0.684. The van der Waals surface area contributed by atoms with Crippen molar-refractivity contribution in [3.63, 3.8) is 0 Å². The first-order chi connectivity index (χ1) is 11.8. The van der Waals surface area contributed by atoms with Crippen LogP contribution in [-0.4, -0.2) is 29.9 Å². The van der Waals surface area contributed by atoms with Crippen LogP contribution in [0, 0.1) is 17.2 Å². The molecule has 2 heterocycles. The Balaban J connectivity index is 1.43. The zero-order chi connectivity index (χ0) is 16.5. The van der Waals surface area contributed by atoms with Crippen molar-refractivity contribution >= 4 is 22.2 Å². The van der Waals surface area contributed by atoms with Crippen molar-refractivity contribution in [2.75, 3.05) is 18.4 Å². The molecule has 24 heavy (non-hydrogen) atoms. The van der Waals surface area contributed by atoms with Crippen LogP contribution >= 0.6 is 11.3 Å². The van der Waals surface area contributed by atoms with Crippen LogP contribution in [0.4, 0.5) is 5.00 Å². The molecule has 0 bridgehead atoms. The Bertz CT molecular complexity index is 673. The summed E-state index contributed by atoms with van der Waals surface area (Å²) in [5.41, 5.74) is 1.90. The van der Waals surface area contributed by atoms with E-state index in [9.17, 15) is 10.1 Å². The minimum Gasteiger partial charge on any atom is -0.315 e. The van der Waals surface area contributed by atoms with E-state index < -0.39 is 0 Å². The fourth-order valence-electron chi connectivity index (χ4n) is 4.89. The molecule has 1 aliphatic heterocycles. The van der Waals surface area contributed by atoms with Crippen molar-refractivity contribution < 1.29 is 4.79 Å². The van der Waals surface area contributed by atoms with E-state index in [1.807, 2.05) is 0 Å². The average Bonchev–Trinajstić information content (AvgIpc) is 3.15. The molecule has 4 rings (SSSR count). The van der Waals surface area contributed by atoms with Gasteiger partial charge in [0.1, 0.15) is 11.1 Å². The van der Waals surface area contributed by atoms with Gasteiger partial charge in [0.2, 0.25) is 5.91 Å². The van der Waals surface area contributed by atoms with Crippen molar-refractivity contribution in [2.24, 2.45) is 5.92 Å². The molecule has 4 nitrogen and oxygen atoms in total. The van der Waals surface area contributed by atoms with Crippen molar-refractivity contribution in [3.05, 3.63) is 16.0 Å². The summed E-state index contributed by atoms with van der Waals surface area (Å²) < 4.78 is 0. The Hall–Kier alpha value is -1.38. The topological polar surface area (TPSA) is 56.1 Å². The lowest BCUT2D eigenvalue weighted by Gasteiger charge is -2.43. The second kappa shape index (κ2) is 6.85. The summed E-state index contributed by atoms with van der Waals surface area (Å²) in [5.74, 6) is 0.846. The molecule has 1 saturated heterocycles. The van der Waals surface area contributed by atoms with E-state index in [1.54, 1.807) is 11.3 Å². The van der Waals surface area contributed by atoms with Crippen LogP contribution in [0.15, 0.2) is 0 Å². The predicted octanol–water partition coefficient (Wildman–Crippen LogP) is 3.70. The van der Waals surface area contributed by atoms with Gasteiger partial charge in [-0.05, 0) is 63.0 Å². The van der Waals surface area contributed by atoms with E-state index in [1.165, 1.54) is 49.0 Å². The number of piperidine rings is 1. The molecular formula is C19H25N3OS. The monoisotopic (exact) mass is 343 g/mol. The van der Waals surface area contributed by atoms with Gasteiger partial charge in [-0.15, -0.1) is 11.3 Å². The van der Waals surface area contributed by atoms with Crippen LogP contribution in [0.2, 0.25) is 0 Å². The van der Waals surface area contributed by atoms with E-state index in [4.69, 9.17) is 0 Å². The Morgan fingerprint density at radius 1 is 1.21 bits per heavy atom. The van der Waals surface area contributed by atoms with Crippen LogP contribution in [0.1, 0.15) is 60.9 Å². The molecule has 1 saturated carbocycles. The van der Waals surface area contributed by atoms with Gasteiger partial charge in [-0.2, -0.15) is 5.26 Å². The van der Waals surface area contributed by atoms with Gasteiger partial charge < -0.3 is 5.32 Å². The number of rotatable bonds is 3. The third-order valence-electron chi connectivity index (χ3n) is 5.99. The maximum absolute atomic E-state index is 12.6. The number of hydrogen-bond donors (Lipinski definition) is 1. The SMILES string of the molecule is N#Cc1c(NC(=O)CN2CCC[C@@H]3CCCC[C@H]32)sc2c1CCC2. The van der Waals surface area contributed by atoms with E-state index in [2.05, 4.69) is 16.3 Å². The Morgan fingerprint density at radius 2 is 2.04 bits per heavy atom. The minimum atomic E-state index is 0.0534. The fourth-order valence-corrected chi connectivity index (χ4v) is 6.14. The molecule has 0 spiro atoms. The van der Waals surface area contributed by atoms with Crippen LogP contribution in [0.3, 0.4) is 0 Å². The number of likely N-dealkylation sites (tertiary alicyclic amines) is 1. The number of carbonyl (C=O) groups excluding carboxylic acids is 1. The van der Waals surface area contributed by atoms with Gasteiger partial charge in [0.05, 0.1) is 12.1 Å². The molecule has 1 N–H and O–H groups in total. The normalized spacial score (nSPS) is 26.5. The maximum atomic E-state index is 12.6. The molecule has 1 amide bonds. The van der Waals surface area contributed by atoms with E-state index in [0.717, 1.165) is 42.3 Å². The molecule has 1 aromatic heterocycles. The lowest BCUT2D eigenvalue weighted by molar-refractivity contribution is -0.118. The van der Waals surface area contributed by atoms with E-state index in [-0.39, 0.29) is 5.91 Å². The van der Waals surface area contributed by atoms with E-state index in [0.29, 0.717) is 12.6 Å². The van der Waals surface area contributed by atoms with Gasteiger partial charge in [0.25, 0.3) is 0 Å². The molecule has 128 valence electrons. The number of thiophene rings is 1. The molecule has 2 aliphatic carbocycles. The highest BCUT2D eigenvalue weighted by Gasteiger charge is 2.34. The number of anilines is 1. The number of aryl methyl sites for hydroxylation is 1. The predicted molar refractivity (Wildman–Crippen MR) is 96.2 cm³/mol. The largest absolute Gasteiger partial charge is 0.315 e. The van der Waals surface area contributed by atoms with Crippen molar-refractivity contribution in [1.29, 1.82) is 5.26 Å². The average molecular weight is 343 g/mol. The zero-order valence-corrected chi connectivity index (χ0v) is 15.0. The first-order valence-electron chi connectivity index (χ1n) is 9.35. The summed E-state index contributed by atoms with van der Waals surface area (Å²) in [6.45, 7) is 1.52. The third kappa shape index (κ3) is 2.98. The van der Waals surface area contributed by atoms with Crippen molar-refractivity contribution in [3.8, 4) is 6.07 Å². The van der Waals surface area contributed by atoms with Gasteiger partial charge >= 0.3 is 0 Å². The summed E-state index contributed by atoms with van der Waals surface area (Å²) in [5, 5.41) is 13.3. The molecule has 0 aromatic carbocycles. The third-order valence-corrected chi connectivity index (χ3v) is 7.20. The van der Waals surface area contributed by atoms with Gasteiger partial charge in [-0.25, -0.2) is 0 Å². The van der Waals surface area contributed by atoms with Crippen LogP contribution < -0.4 is 5.32 Å². The summed E-state index contributed by atoms with van der Waals surface area (Å²) in [6.07, 6.45) is 11.0. The van der Waals surface area contributed by atoms with Crippen molar-refractivity contribution in [1.82, 2.24) is 4.90 Å². The molecular weight excluding hydrogens is 318 g/mol. The lowest BCUT2D eigenvalue weighted by Crippen LogP contribution is -2.49. The number of amides is 1. The maximum Gasteiger partial charge on any atom is 0.239 e. The van der Waals surface area contributed by atoms with Gasteiger partial charge in [0, 0.05) is 10.9 Å². The zero-order valence-electron chi connectivity index (χ0n) is 14.1. The van der Waals surface area contributed by atoms with Gasteiger partial charge in [-0.1, -0.05) is 12.8 Å². The highest BCUT2D eigenvalue weighted by Crippen LogP contribution is 2.39. The molecule has 2 atom stereocenters. The smallest absolute Gasteiger partial charge is 0.239 e. The summed E-state index contributed by atoms with van der Waals surface area (Å²) in [4.78, 5) is 16.3. The highest BCUT2D eigenvalue weighted by molar-refractivity contribution is 7.16. The Morgan fingerprint density at radius 3 is 2.92 bits per heavy atom. The van der Waals surface area contributed by atoms with Crippen LogP contribution in [0.25, 0.3) is 0 Å². The van der Waals surface area contributed by atoms with Gasteiger partial charge in [-0.3, -0.25) is 9.69 Å². The molecule has 2 fully saturated rings. The minimum absolute atomic E-state index is 0.0534. The molecule has 0 radical (unpaired) electrons. The first-order valence-corrected chi connectivity index (χ1v) is 10.2. The Kier molecular flexibility index (Phi) is 4.60. The van der Waals surface area contributed by atoms with Crippen molar-refractivity contribution in [2.45, 2.75) is 63.8 Å². The molecule has 5 heteroatoms. The van der Waals surface area contributed by atoms with Crippen LogP contribution in [-0.2, 0) is 17.6 Å². The Labute approximate surface area is 147 Å². The number of nitrogens with one attached hydrogen (secondary N) is 1. The van der Waals surface area contributed by atoms with Gasteiger partial charge in [0.15, 0.2) is 0 Å². The second-order valence-corrected chi connectivity index (χ2v) is 8.55. The van der Waals surface area contributed by atoms with Crippen LogP contribution in [0.5, 0.6) is 0 Å². The number of hydrogen-bond acceptors (Lipinski definition) is 4.